The van der Waals surface area contributed by atoms with Gasteiger partial charge in [-0.25, -0.2) is 12.8 Å². The number of methoxy groups -OCH3 is 1. The summed E-state index contributed by atoms with van der Waals surface area (Å²) in [7, 11) is -3.25. The number of esters is 1. The number of carboxylic acid groups (broad SMARTS) is 1. The highest BCUT2D eigenvalue weighted by Crippen LogP contribution is 2.40. The average molecular weight is 578 g/mol. The lowest BCUT2D eigenvalue weighted by molar-refractivity contribution is -0.257. The van der Waals surface area contributed by atoms with Gasteiger partial charge in [0.2, 0.25) is 5.60 Å². The Kier molecular flexibility index (Phi) is 8.39. The van der Waals surface area contributed by atoms with E-state index < -0.39 is 58.0 Å². The van der Waals surface area contributed by atoms with Crippen LogP contribution in [0.3, 0.4) is 0 Å². The van der Waals surface area contributed by atoms with Crippen LogP contribution < -0.4 is 13.8 Å². The first-order valence-corrected chi connectivity index (χ1v) is 13.1. The second-order valence-electron chi connectivity index (χ2n) is 9.51. The molecular formula is C25H27F4NO8S. The van der Waals surface area contributed by atoms with Crippen molar-refractivity contribution in [2.45, 2.75) is 56.4 Å². The monoisotopic (exact) mass is 577 g/mol. The molecule has 0 unspecified atom stereocenters. The fourth-order valence-electron chi connectivity index (χ4n) is 3.79. The molecule has 0 aromatic heterocycles. The summed E-state index contributed by atoms with van der Waals surface area (Å²) in [5.41, 5.74) is -2.65. The van der Waals surface area contributed by atoms with Gasteiger partial charge in [-0.3, -0.25) is 13.9 Å². The van der Waals surface area contributed by atoms with Crippen molar-refractivity contribution in [2.75, 3.05) is 18.0 Å². The first-order valence-electron chi connectivity index (χ1n) is 11.6. The second kappa shape index (κ2) is 10.9. The molecule has 2 aromatic rings. The topological polar surface area (TPSA) is 119 Å². The lowest BCUT2D eigenvalue weighted by Crippen LogP contribution is -2.44. The molecular weight excluding hydrogens is 550 g/mol. The minimum Gasteiger partial charge on any atom is -0.494 e. The van der Waals surface area contributed by atoms with Crippen LogP contribution in [0.1, 0.15) is 32.8 Å². The highest BCUT2D eigenvalue weighted by molar-refractivity contribution is 7.92. The minimum atomic E-state index is -4.81. The van der Waals surface area contributed by atoms with E-state index in [1.807, 2.05) is 0 Å². The molecule has 1 aliphatic heterocycles. The van der Waals surface area contributed by atoms with Gasteiger partial charge in [-0.05, 0) is 50.1 Å². The van der Waals surface area contributed by atoms with Gasteiger partial charge in [0, 0.05) is 6.07 Å². The molecule has 1 N–H and O–H groups in total. The van der Waals surface area contributed by atoms with E-state index in [-0.39, 0.29) is 40.6 Å². The largest absolute Gasteiger partial charge is 0.494 e. The molecule has 9 nitrogen and oxygen atoms in total. The van der Waals surface area contributed by atoms with Crippen molar-refractivity contribution in [1.82, 2.24) is 0 Å². The summed E-state index contributed by atoms with van der Waals surface area (Å²) < 4.78 is 97.0. The van der Waals surface area contributed by atoms with Gasteiger partial charge >= 0.3 is 18.1 Å². The summed E-state index contributed by atoms with van der Waals surface area (Å²) >= 11 is 0. The van der Waals surface area contributed by atoms with Crippen molar-refractivity contribution in [1.29, 1.82) is 0 Å². The van der Waals surface area contributed by atoms with Gasteiger partial charge in [0.25, 0.3) is 10.0 Å². The lowest BCUT2D eigenvalue weighted by atomic mass is 10.0. The third kappa shape index (κ3) is 6.54. The number of alkyl halides is 3. The van der Waals surface area contributed by atoms with Crippen molar-refractivity contribution >= 4 is 27.6 Å². The molecule has 1 aliphatic rings. The quantitative estimate of drug-likeness (QED) is 0.346. The van der Waals surface area contributed by atoms with Gasteiger partial charge in [0.1, 0.15) is 11.9 Å². The number of carbonyl (C=O) groups is 2. The number of fused-ring (bicyclic) bond motifs is 1. The van der Waals surface area contributed by atoms with Crippen molar-refractivity contribution in [2.24, 2.45) is 5.92 Å². The number of sulfonamides is 1. The van der Waals surface area contributed by atoms with Crippen LogP contribution in [-0.2, 0) is 30.8 Å². The highest BCUT2D eigenvalue weighted by Gasteiger charge is 2.50. The zero-order chi connectivity index (χ0) is 29.3. The van der Waals surface area contributed by atoms with E-state index in [1.54, 1.807) is 0 Å². The number of carbonyl (C=O) groups excluding carboxylic acids is 1. The molecule has 0 saturated heterocycles. The molecule has 3 rings (SSSR count). The smallest absolute Gasteiger partial charge is 0.427 e. The average Bonchev–Trinajstić information content (AvgIpc) is 2.82. The number of aliphatic carboxylic acids is 1. The molecule has 0 aliphatic carbocycles. The van der Waals surface area contributed by atoms with E-state index in [0.717, 1.165) is 29.6 Å². The maximum atomic E-state index is 14.0. The van der Waals surface area contributed by atoms with Crippen LogP contribution in [0.4, 0.5) is 23.2 Å². The van der Waals surface area contributed by atoms with E-state index >= 15 is 0 Å². The first kappa shape index (κ1) is 30.0. The van der Waals surface area contributed by atoms with Gasteiger partial charge in [0.05, 0.1) is 36.6 Å². The number of halogens is 4. The molecule has 39 heavy (non-hydrogen) atoms. The fourth-order valence-corrected chi connectivity index (χ4v) is 5.30. The van der Waals surface area contributed by atoms with Gasteiger partial charge in [-0.1, -0.05) is 13.0 Å². The van der Waals surface area contributed by atoms with Crippen LogP contribution in [-0.4, -0.2) is 57.0 Å². The first-order chi connectivity index (χ1) is 18.0. The third-order valence-corrected chi connectivity index (χ3v) is 7.88. The predicted molar refractivity (Wildman–Crippen MR) is 130 cm³/mol. The zero-order valence-electron chi connectivity index (χ0n) is 21.4. The summed E-state index contributed by atoms with van der Waals surface area (Å²) in [6.45, 7) is 2.51. The highest BCUT2D eigenvalue weighted by atomic mass is 32.2. The van der Waals surface area contributed by atoms with E-state index in [0.29, 0.717) is 13.8 Å². The fraction of sp³-hybridized carbons (Fsp3) is 0.440. The maximum absolute atomic E-state index is 14.0. The molecule has 2 atom stereocenters. The maximum Gasteiger partial charge on any atom is 0.427 e. The number of nitrogens with zero attached hydrogens (tertiary/aromatic N) is 1. The standard InChI is InChI=1S/C25H27F4NO8S/c1-14(23(32)33)9-16-13-30(39(34,35)17-6-7-18(26)21(12-17)36-4)19-10-15(5-8-20(19)37-16)11-22(31)38-24(2,3)25(27,28)29/h5-8,10,12,14,16H,9,11,13H2,1-4H3,(H,32,33)/t14-,16-/m0/s1. The normalized spacial score (nSPS) is 16.6. The molecule has 214 valence electrons. The molecule has 0 radical (unpaired) electrons. The molecule has 1 heterocycles. The van der Waals surface area contributed by atoms with E-state index in [1.165, 1.54) is 25.1 Å². The molecule has 2 aromatic carbocycles. The van der Waals surface area contributed by atoms with Crippen LogP contribution in [0.2, 0.25) is 0 Å². The van der Waals surface area contributed by atoms with Gasteiger partial charge in [-0.2, -0.15) is 13.2 Å². The Balaban J connectivity index is 2.01. The minimum absolute atomic E-state index is 0.0363. The Morgan fingerprint density at radius 1 is 1.18 bits per heavy atom. The Morgan fingerprint density at radius 3 is 2.44 bits per heavy atom. The van der Waals surface area contributed by atoms with E-state index in [9.17, 15) is 40.7 Å². The number of anilines is 1. The van der Waals surface area contributed by atoms with Crippen LogP contribution in [0, 0.1) is 11.7 Å². The molecule has 0 saturated carbocycles. The summed E-state index contributed by atoms with van der Waals surface area (Å²) in [6.07, 6.45) is -6.35. The van der Waals surface area contributed by atoms with Crippen LogP contribution in [0.15, 0.2) is 41.3 Å². The van der Waals surface area contributed by atoms with E-state index in [2.05, 4.69) is 4.74 Å². The van der Waals surface area contributed by atoms with Gasteiger partial charge in [-0.15, -0.1) is 0 Å². The second-order valence-corrected chi connectivity index (χ2v) is 11.4. The zero-order valence-corrected chi connectivity index (χ0v) is 22.2. The summed E-state index contributed by atoms with van der Waals surface area (Å²) in [4.78, 5) is 23.3. The van der Waals surface area contributed by atoms with Gasteiger partial charge in [0.15, 0.2) is 11.6 Å². The van der Waals surface area contributed by atoms with Crippen LogP contribution in [0.5, 0.6) is 11.5 Å². The molecule has 0 fully saturated rings. The van der Waals surface area contributed by atoms with Crippen LogP contribution >= 0.6 is 0 Å². The Labute approximate surface area is 222 Å². The Morgan fingerprint density at radius 2 is 1.85 bits per heavy atom. The molecule has 14 heteroatoms. The van der Waals surface area contributed by atoms with Crippen LogP contribution in [0.25, 0.3) is 0 Å². The SMILES string of the molecule is COc1cc(S(=O)(=O)N2C[C@H](C[C@H](C)C(=O)O)Oc3ccc(CC(=O)OC(C)(C)C(F)(F)F)cc32)ccc1F. The number of rotatable bonds is 9. The molecule has 0 amide bonds. The summed E-state index contributed by atoms with van der Waals surface area (Å²) in [6, 6.07) is 6.86. The molecule has 0 bridgehead atoms. The van der Waals surface area contributed by atoms with Gasteiger partial charge < -0.3 is 19.3 Å². The van der Waals surface area contributed by atoms with Crippen molar-refractivity contribution in [3.8, 4) is 11.5 Å². The number of carboxylic acids is 1. The predicted octanol–water partition coefficient (Wildman–Crippen LogP) is 4.33. The summed E-state index contributed by atoms with van der Waals surface area (Å²) in [5, 5.41) is 9.30. The lowest BCUT2D eigenvalue weighted by Gasteiger charge is -2.36. The number of ether oxygens (including phenoxy) is 3. The van der Waals surface area contributed by atoms with E-state index in [4.69, 9.17) is 9.47 Å². The Bertz CT molecular complexity index is 1360. The third-order valence-electron chi connectivity index (χ3n) is 6.10. The summed E-state index contributed by atoms with van der Waals surface area (Å²) in [5.74, 6) is -4.27. The van der Waals surface area contributed by atoms with Crippen molar-refractivity contribution < 1.29 is 54.9 Å². The number of hydrogen-bond donors (Lipinski definition) is 1. The Hall–Kier alpha value is -3.55. The molecule has 0 spiro atoms. The number of benzene rings is 2. The van der Waals surface area contributed by atoms with Crippen molar-refractivity contribution in [3.63, 3.8) is 0 Å². The van der Waals surface area contributed by atoms with Crippen molar-refractivity contribution in [3.05, 3.63) is 47.8 Å². The number of hydrogen-bond acceptors (Lipinski definition) is 7.